The van der Waals surface area contributed by atoms with E-state index in [-0.39, 0.29) is 18.6 Å². The second-order valence-corrected chi connectivity index (χ2v) is 5.11. The summed E-state index contributed by atoms with van der Waals surface area (Å²) in [6.45, 7) is 0.533. The molecular formula is C15H20N2O4. The highest BCUT2D eigenvalue weighted by Crippen LogP contribution is 2.20. The van der Waals surface area contributed by atoms with Crippen molar-refractivity contribution in [2.24, 2.45) is 5.73 Å². The minimum Gasteiger partial charge on any atom is -0.479 e. The summed E-state index contributed by atoms with van der Waals surface area (Å²) in [7, 11) is 0. The van der Waals surface area contributed by atoms with E-state index in [1.165, 1.54) is 0 Å². The molecule has 114 valence electrons. The maximum Gasteiger partial charge on any atom is 0.332 e. The highest BCUT2D eigenvalue weighted by atomic mass is 16.5. The second kappa shape index (κ2) is 7.19. The lowest BCUT2D eigenvalue weighted by atomic mass is 9.98. The molecule has 1 fully saturated rings. The minimum atomic E-state index is -0.951. The molecule has 6 heteroatoms. The average molecular weight is 292 g/mol. The number of nitrogens with two attached hydrogens (primary N) is 1. The lowest BCUT2D eigenvalue weighted by Crippen LogP contribution is -2.38. The third-order valence-electron chi connectivity index (χ3n) is 3.64. The van der Waals surface area contributed by atoms with Crippen LogP contribution < -0.4 is 11.1 Å². The number of hydrogen-bond donors (Lipinski definition) is 3. The van der Waals surface area contributed by atoms with Crippen LogP contribution in [0.2, 0.25) is 0 Å². The van der Waals surface area contributed by atoms with Crippen LogP contribution in [0.15, 0.2) is 30.3 Å². The van der Waals surface area contributed by atoms with Gasteiger partial charge in [-0.3, -0.25) is 4.79 Å². The van der Waals surface area contributed by atoms with Crippen molar-refractivity contribution in [3.8, 4) is 0 Å². The summed E-state index contributed by atoms with van der Waals surface area (Å²) >= 11 is 0. The number of benzene rings is 1. The van der Waals surface area contributed by atoms with Gasteiger partial charge >= 0.3 is 5.97 Å². The molecule has 3 unspecified atom stereocenters. The van der Waals surface area contributed by atoms with Gasteiger partial charge in [0, 0.05) is 13.1 Å². The van der Waals surface area contributed by atoms with Crippen molar-refractivity contribution < 1.29 is 19.4 Å². The summed E-state index contributed by atoms with van der Waals surface area (Å²) < 4.78 is 5.35. The first-order valence-corrected chi connectivity index (χ1v) is 7.02. The highest BCUT2D eigenvalue weighted by Gasteiger charge is 2.31. The number of carbonyl (C=O) groups is 2. The Kier molecular flexibility index (Phi) is 5.30. The molecule has 0 spiro atoms. The first-order valence-electron chi connectivity index (χ1n) is 7.02. The summed E-state index contributed by atoms with van der Waals surface area (Å²) in [6, 6.07) is 9.34. The van der Waals surface area contributed by atoms with Gasteiger partial charge in [-0.1, -0.05) is 30.3 Å². The molecule has 1 aliphatic heterocycles. The van der Waals surface area contributed by atoms with E-state index in [0.29, 0.717) is 19.4 Å². The molecule has 0 saturated carbocycles. The maximum atomic E-state index is 12.2. The van der Waals surface area contributed by atoms with Crippen LogP contribution in [0.25, 0.3) is 0 Å². The summed E-state index contributed by atoms with van der Waals surface area (Å²) in [5, 5.41) is 11.7. The molecule has 1 amide bonds. The zero-order valence-corrected chi connectivity index (χ0v) is 11.7. The lowest BCUT2D eigenvalue weighted by molar-refractivity contribution is -0.149. The number of rotatable bonds is 6. The van der Waals surface area contributed by atoms with E-state index in [1.807, 2.05) is 30.3 Å². The van der Waals surface area contributed by atoms with Gasteiger partial charge in [-0.15, -0.1) is 0 Å². The molecule has 0 bridgehead atoms. The van der Waals surface area contributed by atoms with Gasteiger partial charge < -0.3 is 20.9 Å². The summed E-state index contributed by atoms with van der Waals surface area (Å²) in [5.74, 6) is -1.51. The fraction of sp³-hybridized carbons (Fsp3) is 0.467. The first-order chi connectivity index (χ1) is 10.1. The Morgan fingerprint density at radius 1 is 1.33 bits per heavy atom. The third-order valence-corrected chi connectivity index (χ3v) is 3.64. The number of carboxylic acids is 1. The van der Waals surface area contributed by atoms with Gasteiger partial charge in [0.25, 0.3) is 0 Å². The fourth-order valence-electron chi connectivity index (χ4n) is 2.45. The Morgan fingerprint density at radius 2 is 2.05 bits per heavy atom. The van der Waals surface area contributed by atoms with Gasteiger partial charge in [0.15, 0.2) is 6.10 Å². The van der Waals surface area contributed by atoms with Gasteiger partial charge in [-0.05, 0) is 18.4 Å². The van der Waals surface area contributed by atoms with Gasteiger partial charge in [-0.25, -0.2) is 4.79 Å². The zero-order valence-electron chi connectivity index (χ0n) is 11.7. The maximum absolute atomic E-state index is 12.2. The molecule has 3 atom stereocenters. The quantitative estimate of drug-likeness (QED) is 0.707. The summed E-state index contributed by atoms with van der Waals surface area (Å²) in [4.78, 5) is 23.0. The summed E-state index contributed by atoms with van der Waals surface area (Å²) in [6.07, 6.45) is 0.112. The Morgan fingerprint density at radius 3 is 2.62 bits per heavy atom. The van der Waals surface area contributed by atoms with Crippen LogP contribution in [0.4, 0.5) is 0 Å². The molecule has 1 aromatic rings. The van der Waals surface area contributed by atoms with E-state index < -0.39 is 18.0 Å². The van der Waals surface area contributed by atoms with Crippen molar-refractivity contribution >= 4 is 11.9 Å². The lowest BCUT2D eigenvalue weighted by Gasteiger charge is -2.17. The Labute approximate surface area is 123 Å². The normalized spacial score (nSPS) is 22.7. The van der Waals surface area contributed by atoms with Crippen molar-refractivity contribution in [1.82, 2.24) is 5.32 Å². The Balaban J connectivity index is 1.85. The molecule has 21 heavy (non-hydrogen) atoms. The molecular weight excluding hydrogens is 272 g/mol. The van der Waals surface area contributed by atoms with Crippen LogP contribution in [-0.2, 0) is 14.3 Å². The number of carbonyl (C=O) groups excluding carboxylic acids is 1. The van der Waals surface area contributed by atoms with Crippen LogP contribution in [0.3, 0.4) is 0 Å². The van der Waals surface area contributed by atoms with Crippen molar-refractivity contribution in [2.45, 2.75) is 31.0 Å². The molecule has 4 N–H and O–H groups in total. The standard InChI is InChI=1S/C15H20N2O4/c16-8-12(10-4-2-1-3-5-10)14(18)17-9-11-6-7-13(21-11)15(19)20/h1-5,11-13H,6-9,16H2,(H,17,18)(H,19,20). The van der Waals surface area contributed by atoms with Crippen molar-refractivity contribution in [2.75, 3.05) is 13.1 Å². The topological polar surface area (TPSA) is 102 Å². The SMILES string of the molecule is NCC(C(=O)NCC1CCC(C(=O)O)O1)c1ccccc1. The van der Waals surface area contributed by atoms with Gasteiger partial charge in [0.2, 0.25) is 5.91 Å². The molecule has 1 saturated heterocycles. The average Bonchev–Trinajstić information content (AvgIpc) is 2.96. The van der Waals surface area contributed by atoms with Gasteiger partial charge in [-0.2, -0.15) is 0 Å². The summed E-state index contributed by atoms with van der Waals surface area (Å²) in [5.41, 5.74) is 6.55. The van der Waals surface area contributed by atoms with Crippen molar-refractivity contribution in [3.63, 3.8) is 0 Å². The van der Waals surface area contributed by atoms with E-state index >= 15 is 0 Å². The zero-order chi connectivity index (χ0) is 15.2. The molecule has 2 rings (SSSR count). The number of aliphatic carboxylic acids is 1. The molecule has 1 aliphatic rings. The van der Waals surface area contributed by atoms with E-state index in [9.17, 15) is 9.59 Å². The second-order valence-electron chi connectivity index (χ2n) is 5.11. The fourth-order valence-corrected chi connectivity index (χ4v) is 2.45. The largest absolute Gasteiger partial charge is 0.479 e. The van der Waals surface area contributed by atoms with Gasteiger partial charge in [0.1, 0.15) is 0 Å². The number of nitrogens with one attached hydrogen (secondary N) is 1. The molecule has 0 radical (unpaired) electrons. The third kappa shape index (κ3) is 4.03. The number of ether oxygens (including phenoxy) is 1. The van der Waals surface area contributed by atoms with Crippen LogP contribution in [0.5, 0.6) is 0 Å². The van der Waals surface area contributed by atoms with Crippen LogP contribution >= 0.6 is 0 Å². The molecule has 0 aliphatic carbocycles. The molecule has 1 aromatic carbocycles. The van der Waals surface area contributed by atoms with Crippen molar-refractivity contribution in [3.05, 3.63) is 35.9 Å². The van der Waals surface area contributed by atoms with E-state index in [0.717, 1.165) is 5.56 Å². The number of hydrogen-bond acceptors (Lipinski definition) is 4. The number of amides is 1. The predicted octanol–water partition coefficient (Wildman–Crippen LogP) is 0.477. The van der Waals surface area contributed by atoms with Crippen molar-refractivity contribution in [1.29, 1.82) is 0 Å². The molecule has 0 aromatic heterocycles. The Hall–Kier alpha value is -1.92. The van der Waals surface area contributed by atoms with E-state index in [4.69, 9.17) is 15.6 Å². The molecule has 1 heterocycles. The van der Waals surface area contributed by atoms with Crippen LogP contribution in [-0.4, -0.2) is 42.3 Å². The minimum absolute atomic E-state index is 0.161. The monoisotopic (exact) mass is 292 g/mol. The smallest absolute Gasteiger partial charge is 0.332 e. The van der Waals surface area contributed by atoms with E-state index in [2.05, 4.69) is 5.32 Å². The van der Waals surface area contributed by atoms with E-state index in [1.54, 1.807) is 0 Å². The Bertz CT molecular complexity index is 492. The predicted molar refractivity (Wildman–Crippen MR) is 76.8 cm³/mol. The highest BCUT2D eigenvalue weighted by molar-refractivity contribution is 5.83. The molecule has 6 nitrogen and oxygen atoms in total. The van der Waals surface area contributed by atoms with Crippen LogP contribution in [0, 0.1) is 0 Å². The van der Waals surface area contributed by atoms with Crippen LogP contribution in [0.1, 0.15) is 24.3 Å². The first kappa shape index (κ1) is 15.5. The number of carboxylic acid groups (broad SMARTS) is 1. The van der Waals surface area contributed by atoms with Gasteiger partial charge in [0.05, 0.1) is 12.0 Å².